The molecule has 1 aliphatic rings. The van der Waals surface area contributed by atoms with E-state index >= 15 is 0 Å². The van der Waals surface area contributed by atoms with Crippen molar-refractivity contribution in [2.24, 2.45) is 0 Å². The molecule has 2 nitrogen and oxygen atoms in total. The van der Waals surface area contributed by atoms with Gasteiger partial charge in [-0.3, -0.25) is 0 Å². The van der Waals surface area contributed by atoms with Crippen LogP contribution in [0.15, 0.2) is 59.1 Å². The molecule has 0 spiro atoms. The first kappa shape index (κ1) is 16.1. The lowest BCUT2D eigenvalue weighted by Gasteiger charge is -2.18. The highest BCUT2D eigenvalue weighted by atomic mass is 79.9. The molecule has 0 unspecified atom stereocenters. The number of fused-ring (bicyclic) bond motifs is 4. The monoisotopic (exact) mass is 404 g/mol. The van der Waals surface area contributed by atoms with Crippen molar-refractivity contribution in [3.8, 4) is 0 Å². The smallest absolute Gasteiger partial charge is 0.0633 e. The zero-order chi connectivity index (χ0) is 17.7. The van der Waals surface area contributed by atoms with Crippen LogP contribution in [0.5, 0.6) is 0 Å². The van der Waals surface area contributed by atoms with Gasteiger partial charge < -0.3 is 9.88 Å². The molecule has 0 atom stereocenters. The summed E-state index contributed by atoms with van der Waals surface area (Å²) in [6, 6.07) is 19.9. The van der Waals surface area contributed by atoms with Gasteiger partial charge in [0.05, 0.1) is 5.52 Å². The van der Waals surface area contributed by atoms with Gasteiger partial charge >= 0.3 is 0 Å². The van der Waals surface area contributed by atoms with Crippen LogP contribution in [0.2, 0.25) is 0 Å². The number of halogens is 1. The molecule has 3 aromatic carbocycles. The Bertz CT molecular complexity index is 1130. The Balaban J connectivity index is 1.76. The molecule has 1 aliphatic heterocycles. The number of hydrogen-bond donors (Lipinski definition) is 1. The van der Waals surface area contributed by atoms with Crippen molar-refractivity contribution in [3.05, 3.63) is 81.5 Å². The summed E-state index contributed by atoms with van der Waals surface area (Å²) >= 11 is 3.85. The lowest BCUT2D eigenvalue weighted by Crippen LogP contribution is -2.25. The largest absolute Gasteiger partial charge is 0.338 e. The second-order valence-electron chi connectivity index (χ2n) is 7.22. The third-order valence-corrected chi connectivity index (χ3v) is 6.13. The molecule has 0 saturated carbocycles. The second kappa shape index (κ2) is 6.26. The molecule has 2 heterocycles. The number of hydrogen-bond acceptors (Lipinski definition) is 1. The van der Waals surface area contributed by atoms with Gasteiger partial charge in [-0.1, -0.05) is 42.5 Å². The highest BCUT2D eigenvalue weighted by Gasteiger charge is 2.22. The fourth-order valence-corrected chi connectivity index (χ4v) is 5.16. The summed E-state index contributed by atoms with van der Waals surface area (Å²) in [6.45, 7) is 5.09. The van der Waals surface area contributed by atoms with Crippen molar-refractivity contribution in [2.75, 3.05) is 6.54 Å². The number of aromatic nitrogens is 1. The Kier molecular flexibility index (Phi) is 3.87. The molecule has 0 bridgehead atoms. The molecule has 1 aromatic heterocycles. The second-order valence-corrected chi connectivity index (χ2v) is 8.07. The van der Waals surface area contributed by atoms with Gasteiger partial charge in [-0.05, 0) is 75.4 Å². The van der Waals surface area contributed by atoms with Crippen LogP contribution in [0.3, 0.4) is 0 Å². The van der Waals surface area contributed by atoms with Crippen LogP contribution < -0.4 is 5.32 Å². The van der Waals surface area contributed by atoms with Gasteiger partial charge in [0.25, 0.3) is 0 Å². The maximum atomic E-state index is 3.85. The molecule has 5 rings (SSSR count). The lowest BCUT2D eigenvalue weighted by atomic mass is 10.0. The van der Waals surface area contributed by atoms with Gasteiger partial charge in [0.15, 0.2) is 0 Å². The Morgan fingerprint density at radius 1 is 1.04 bits per heavy atom. The van der Waals surface area contributed by atoms with E-state index < -0.39 is 0 Å². The number of nitrogens with one attached hydrogen (secondary N) is 1. The van der Waals surface area contributed by atoms with Gasteiger partial charge in [0.2, 0.25) is 0 Å². The van der Waals surface area contributed by atoms with Gasteiger partial charge in [-0.2, -0.15) is 0 Å². The van der Waals surface area contributed by atoms with Crippen LogP contribution in [0.1, 0.15) is 22.4 Å². The Hall–Kier alpha value is -2.10. The molecular weight excluding hydrogens is 384 g/mol. The molecular formula is C23H21BrN2. The summed E-state index contributed by atoms with van der Waals surface area (Å²) in [7, 11) is 0. The normalized spacial score (nSPS) is 14.1. The van der Waals surface area contributed by atoms with Crippen molar-refractivity contribution in [2.45, 2.75) is 26.4 Å². The number of aryl methyl sites for hydroxylation is 1. The van der Waals surface area contributed by atoms with E-state index in [0.717, 1.165) is 26.1 Å². The standard InChI is InChI=1S/C23H21BrN2/c1-15-11-20-19-9-10-25-13-22(19)26(23(20)21(24)12-15)14-17-7-4-6-16-5-2-3-8-18(16)17/h2-8,11-12,25H,9-10,13-14H2,1H3. The minimum atomic E-state index is 0.899. The highest BCUT2D eigenvalue weighted by Crippen LogP contribution is 2.35. The van der Waals surface area contributed by atoms with Crippen LogP contribution in [0, 0.1) is 6.92 Å². The zero-order valence-corrected chi connectivity index (χ0v) is 16.4. The Labute approximate surface area is 162 Å². The van der Waals surface area contributed by atoms with Gasteiger partial charge in [0, 0.05) is 28.6 Å². The van der Waals surface area contributed by atoms with Crippen molar-refractivity contribution in [3.63, 3.8) is 0 Å². The first-order chi connectivity index (χ1) is 12.7. The van der Waals surface area contributed by atoms with E-state index in [9.17, 15) is 0 Å². The van der Waals surface area contributed by atoms with E-state index in [1.165, 1.54) is 48.5 Å². The van der Waals surface area contributed by atoms with E-state index in [4.69, 9.17) is 0 Å². The first-order valence-corrected chi connectivity index (χ1v) is 9.99. The van der Waals surface area contributed by atoms with Crippen molar-refractivity contribution in [1.29, 1.82) is 0 Å². The van der Waals surface area contributed by atoms with E-state index in [1.54, 1.807) is 0 Å². The van der Waals surface area contributed by atoms with Gasteiger partial charge in [-0.25, -0.2) is 0 Å². The molecule has 3 heteroatoms. The summed E-state index contributed by atoms with van der Waals surface area (Å²) in [4.78, 5) is 0. The molecule has 0 amide bonds. The van der Waals surface area contributed by atoms with Crippen LogP contribution >= 0.6 is 15.9 Å². The fraction of sp³-hybridized carbons (Fsp3) is 0.217. The summed E-state index contributed by atoms with van der Waals surface area (Å²) in [5.41, 5.74) is 6.97. The van der Waals surface area contributed by atoms with Crippen molar-refractivity contribution in [1.82, 2.24) is 9.88 Å². The molecule has 0 radical (unpaired) electrons. The average Bonchev–Trinajstić information content (AvgIpc) is 2.96. The predicted molar refractivity (Wildman–Crippen MR) is 113 cm³/mol. The fourth-order valence-electron chi connectivity index (χ4n) is 4.37. The van der Waals surface area contributed by atoms with Crippen molar-refractivity contribution >= 4 is 37.6 Å². The third-order valence-electron chi connectivity index (χ3n) is 5.53. The van der Waals surface area contributed by atoms with Crippen LogP contribution in [0.25, 0.3) is 21.7 Å². The van der Waals surface area contributed by atoms with E-state index in [1.807, 2.05) is 0 Å². The van der Waals surface area contributed by atoms with Gasteiger partial charge in [0.1, 0.15) is 0 Å². The average molecular weight is 405 g/mol. The minimum absolute atomic E-state index is 0.899. The summed E-state index contributed by atoms with van der Waals surface area (Å²) in [5.74, 6) is 0. The summed E-state index contributed by atoms with van der Waals surface area (Å²) < 4.78 is 3.71. The first-order valence-electron chi connectivity index (χ1n) is 9.20. The zero-order valence-electron chi connectivity index (χ0n) is 14.8. The van der Waals surface area contributed by atoms with E-state index in [2.05, 4.69) is 87.3 Å². The number of benzene rings is 3. The molecule has 0 saturated heterocycles. The Morgan fingerprint density at radius 3 is 2.81 bits per heavy atom. The topological polar surface area (TPSA) is 17.0 Å². The van der Waals surface area contributed by atoms with Crippen LogP contribution in [0.4, 0.5) is 0 Å². The maximum Gasteiger partial charge on any atom is 0.0633 e. The Morgan fingerprint density at radius 2 is 1.88 bits per heavy atom. The molecule has 26 heavy (non-hydrogen) atoms. The van der Waals surface area contributed by atoms with Gasteiger partial charge in [-0.15, -0.1) is 0 Å². The minimum Gasteiger partial charge on any atom is -0.338 e. The maximum absolute atomic E-state index is 3.85. The molecule has 0 fully saturated rings. The van der Waals surface area contributed by atoms with E-state index in [-0.39, 0.29) is 0 Å². The van der Waals surface area contributed by atoms with Crippen LogP contribution in [-0.2, 0) is 19.5 Å². The number of nitrogens with zero attached hydrogens (tertiary/aromatic N) is 1. The van der Waals surface area contributed by atoms with Crippen LogP contribution in [-0.4, -0.2) is 11.1 Å². The summed E-state index contributed by atoms with van der Waals surface area (Å²) in [6.07, 6.45) is 1.10. The predicted octanol–water partition coefficient (Wildman–Crippen LogP) is 5.56. The molecule has 4 aromatic rings. The molecule has 130 valence electrons. The third kappa shape index (κ3) is 2.50. The van der Waals surface area contributed by atoms with E-state index in [0.29, 0.717) is 0 Å². The molecule has 0 aliphatic carbocycles. The summed E-state index contributed by atoms with van der Waals surface area (Å²) in [5, 5.41) is 7.63. The lowest BCUT2D eigenvalue weighted by molar-refractivity contribution is 0.603. The number of rotatable bonds is 2. The SMILES string of the molecule is Cc1cc(Br)c2c(c1)c1c(n2Cc2cccc3ccccc23)CNCC1. The highest BCUT2D eigenvalue weighted by molar-refractivity contribution is 9.10. The molecule has 1 N–H and O–H groups in total. The van der Waals surface area contributed by atoms with Crippen molar-refractivity contribution < 1.29 is 0 Å². The quantitative estimate of drug-likeness (QED) is 0.462.